The van der Waals surface area contributed by atoms with Crippen molar-refractivity contribution in [2.45, 2.75) is 124 Å². The maximum Gasteiger partial charge on any atom is 0.303 e. The second-order valence-corrected chi connectivity index (χ2v) is 15.1. The molecule has 4 N–H and O–H groups in total. The van der Waals surface area contributed by atoms with E-state index in [2.05, 4.69) is 73.4 Å². The number of aromatic hydroxyl groups is 2. The molecule has 0 atom stereocenters. The number of aliphatic carboxylic acids is 2. The molecule has 0 unspecified atom stereocenters. The molecule has 2 aromatic carbocycles. The summed E-state index contributed by atoms with van der Waals surface area (Å²) in [6, 6.07) is 8.13. The third-order valence-corrected chi connectivity index (χ3v) is 6.95. The van der Waals surface area contributed by atoms with E-state index in [9.17, 15) is 19.8 Å². The average molecular weight is 670 g/mol. The van der Waals surface area contributed by atoms with E-state index in [1.54, 1.807) is 12.4 Å². The molecule has 2 aromatic rings. The first-order chi connectivity index (χ1) is 19.8. The molecule has 0 bridgehead atoms. The summed E-state index contributed by atoms with van der Waals surface area (Å²) >= 11 is 0. The Bertz CT molecular complexity index is 1360. The first kappa shape index (κ1) is 41.8. The fourth-order valence-corrected chi connectivity index (χ4v) is 4.28. The number of benzene rings is 2. The van der Waals surface area contributed by atoms with Crippen LogP contribution in [0.15, 0.2) is 34.3 Å². The SMILES string of the molecule is Cc1cc(C=NCC(C)(C)N=Cc2cc(C(C)(C)C)cc(C(C)(C)C)c2O)c(O)c(C(C)(C)C)c1.O=C(O)CCCC(=O)O.[Co]. The van der Waals surface area contributed by atoms with Crippen molar-refractivity contribution in [1.82, 2.24) is 0 Å². The van der Waals surface area contributed by atoms with Gasteiger partial charge in [0.25, 0.3) is 0 Å². The molecule has 253 valence electrons. The van der Waals surface area contributed by atoms with Gasteiger partial charge in [0, 0.05) is 64.3 Å². The number of phenolic OH excluding ortho intramolecular Hbond substituents is 2. The number of hydrogen-bond acceptors (Lipinski definition) is 6. The summed E-state index contributed by atoms with van der Waals surface area (Å²) < 4.78 is 0. The largest absolute Gasteiger partial charge is 0.507 e. The minimum atomic E-state index is -0.948. The van der Waals surface area contributed by atoms with Gasteiger partial charge in [-0.1, -0.05) is 74.4 Å². The van der Waals surface area contributed by atoms with Crippen molar-refractivity contribution < 1.29 is 46.8 Å². The number of carboxylic acids is 2. The molecule has 0 amide bonds. The standard InChI is InChI=1S/C31H46N2O2.C5H8O4.Co/c1-20-13-21(26(34)24(14-20)29(5,6)7)17-32-19-31(11,12)33-18-22-15-23(28(2,3)4)16-25(27(22)35)30(8,9)10;6-4(7)2-1-3-5(8)9;/h13-18,34-35H,19H2,1-12H3;1-3H2,(H,6,7)(H,8,9);. The third-order valence-electron chi connectivity index (χ3n) is 6.95. The Morgan fingerprint density at radius 1 is 0.689 bits per heavy atom. The number of aliphatic imine (C=N–C) groups is 2. The molecule has 0 fully saturated rings. The Morgan fingerprint density at radius 3 is 1.56 bits per heavy atom. The zero-order valence-corrected chi connectivity index (χ0v) is 30.2. The fraction of sp³-hybridized carbons (Fsp3) is 0.556. The summed E-state index contributed by atoms with van der Waals surface area (Å²) in [7, 11) is 0. The zero-order chi connectivity index (χ0) is 34.3. The van der Waals surface area contributed by atoms with E-state index in [-0.39, 0.29) is 63.8 Å². The molecule has 45 heavy (non-hydrogen) atoms. The topological polar surface area (TPSA) is 140 Å². The Kier molecular flexibility index (Phi) is 15.2. The quantitative estimate of drug-likeness (QED) is 0.200. The molecule has 0 saturated carbocycles. The molecule has 0 aliphatic carbocycles. The fourth-order valence-electron chi connectivity index (χ4n) is 4.28. The van der Waals surface area contributed by atoms with Crippen molar-refractivity contribution in [1.29, 1.82) is 0 Å². The Hall–Kier alpha value is -3.17. The monoisotopic (exact) mass is 669 g/mol. The van der Waals surface area contributed by atoms with Gasteiger partial charge in [0.2, 0.25) is 0 Å². The predicted molar refractivity (Wildman–Crippen MR) is 180 cm³/mol. The number of nitrogens with zero attached hydrogens (tertiary/aromatic N) is 2. The molecule has 0 heterocycles. The second kappa shape index (κ2) is 16.4. The summed E-state index contributed by atoms with van der Waals surface area (Å²) in [5.41, 5.74) is 4.69. The van der Waals surface area contributed by atoms with Crippen LogP contribution in [0.3, 0.4) is 0 Å². The minimum Gasteiger partial charge on any atom is -0.507 e. The molecule has 1 radical (unpaired) electrons. The summed E-state index contributed by atoms with van der Waals surface area (Å²) in [5, 5.41) is 37.9. The van der Waals surface area contributed by atoms with Crippen LogP contribution in [0.5, 0.6) is 11.5 Å². The summed E-state index contributed by atoms with van der Waals surface area (Å²) in [5.74, 6) is -1.33. The first-order valence-corrected chi connectivity index (χ1v) is 15.1. The number of carboxylic acid groups (broad SMARTS) is 2. The number of rotatable bonds is 9. The molecule has 0 aliphatic heterocycles. The molecule has 0 saturated heterocycles. The van der Waals surface area contributed by atoms with Crippen molar-refractivity contribution in [2.75, 3.05) is 6.54 Å². The van der Waals surface area contributed by atoms with Gasteiger partial charge >= 0.3 is 11.9 Å². The zero-order valence-electron chi connectivity index (χ0n) is 29.1. The Labute approximate surface area is 280 Å². The third kappa shape index (κ3) is 14.2. The predicted octanol–water partition coefficient (Wildman–Crippen LogP) is 7.94. The maximum absolute atomic E-state index is 11.0. The summed E-state index contributed by atoms with van der Waals surface area (Å²) in [6.45, 7) is 25.7. The molecule has 9 heteroatoms. The first-order valence-electron chi connectivity index (χ1n) is 15.1. The van der Waals surface area contributed by atoms with Crippen molar-refractivity contribution in [3.05, 3.63) is 57.6 Å². The molecule has 0 aliphatic rings. The minimum absolute atomic E-state index is 0. The maximum atomic E-state index is 11.0. The average Bonchev–Trinajstić information content (AvgIpc) is 2.83. The normalized spacial score (nSPS) is 12.5. The van der Waals surface area contributed by atoms with E-state index in [1.807, 2.05) is 39.0 Å². The van der Waals surface area contributed by atoms with E-state index in [0.29, 0.717) is 6.54 Å². The van der Waals surface area contributed by atoms with Crippen LogP contribution < -0.4 is 0 Å². The van der Waals surface area contributed by atoms with Crippen LogP contribution in [0.25, 0.3) is 0 Å². The summed E-state index contributed by atoms with van der Waals surface area (Å²) in [4.78, 5) is 29.0. The van der Waals surface area contributed by atoms with Gasteiger partial charge in [-0.25, -0.2) is 0 Å². The van der Waals surface area contributed by atoms with Crippen LogP contribution in [0.2, 0.25) is 0 Å². The van der Waals surface area contributed by atoms with Crippen LogP contribution in [0.1, 0.15) is 129 Å². The molecular weight excluding hydrogens is 615 g/mol. The van der Waals surface area contributed by atoms with Crippen LogP contribution >= 0.6 is 0 Å². The van der Waals surface area contributed by atoms with Crippen molar-refractivity contribution in [2.24, 2.45) is 9.98 Å². The van der Waals surface area contributed by atoms with Gasteiger partial charge in [-0.2, -0.15) is 0 Å². The van der Waals surface area contributed by atoms with E-state index in [4.69, 9.17) is 15.2 Å². The van der Waals surface area contributed by atoms with E-state index in [0.717, 1.165) is 27.8 Å². The van der Waals surface area contributed by atoms with Crippen LogP contribution in [0.4, 0.5) is 0 Å². The summed E-state index contributed by atoms with van der Waals surface area (Å²) in [6.07, 6.45) is 3.60. The van der Waals surface area contributed by atoms with E-state index in [1.165, 1.54) is 5.56 Å². The van der Waals surface area contributed by atoms with Gasteiger partial charge in [0.05, 0.1) is 12.1 Å². The molecule has 0 spiro atoms. The molecule has 2 rings (SSSR count). The molecular formula is C36H54CoN2O6. The van der Waals surface area contributed by atoms with E-state index >= 15 is 0 Å². The van der Waals surface area contributed by atoms with Gasteiger partial charge in [-0.05, 0) is 66.7 Å². The van der Waals surface area contributed by atoms with Crippen LogP contribution in [0, 0.1) is 6.92 Å². The van der Waals surface area contributed by atoms with Gasteiger partial charge < -0.3 is 20.4 Å². The van der Waals surface area contributed by atoms with Crippen molar-refractivity contribution in [3.8, 4) is 11.5 Å². The van der Waals surface area contributed by atoms with Gasteiger partial charge in [0.1, 0.15) is 11.5 Å². The number of phenols is 2. The molecule has 0 aromatic heterocycles. The smallest absolute Gasteiger partial charge is 0.303 e. The van der Waals surface area contributed by atoms with Gasteiger partial charge in [0.15, 0.2) is 0 Å². The molecule has 8 nitrogen and oxygen atoms in total. The van der Waals surface area contributed by atoms with Crippen molar-refractivity contribution in [3.63, 3.8) is 0 Å². The van der Waals surface area contributed by atoms with Crippen molar-refractivity contribution >= 4 is 24.4 Å². The van der Waals surface area contributed by atoms with Gasteiger partial charge in [-0.15, -0.1) is 0 Å². The Balaban J connectivity index is 0.00000168. The Morgan fingerprint density at radius 2 is 1.13 bits per heavy atom. The van der Waals surface area contributed by atoms with E-state index < -0.39 is 17.5 Å². The number of carbonyl (C=O) groups is 2. The second-order valence-electron chi connectivity index (χ2n) is 15.1. The van der Waals surface area contributed by atoms with Crippen LogP contribution in [-0.4, -0.2) is 56.9 Å². The number of hydrogen-bond donors (Lipinski definition) is 4. The number of aryl methyl sites for hydroxylation is 1. The van der Waals surface area contributed by atoms with Crippen LogP contribution in [-0.2, 0) is 42.6 Å². The van der Waals surface area contributed by atoms with Gasteiger partial charge in [-0.3, -0.25) is 19.6 Å².